The fourth-order valence-corrected chi connectivity index (χ4v) is 3.40. The summed E-state index contributed by atoms with van der Waals surface area (Å²) in [6.07, 6.45) is 1.09. The molecule has 0 aliphatic carbocycles. The number of halogens is 1. The first-order chi connectivity index (χ1) is 12.6. The highest BCUT2D eigenvalue weighted by Crippen LogP contribution is 2.25. The van der Waals surface area contributed by atoms with Gasteiger partial charge in [0.25, 0.3) is 0 Å². The molecular formula is C19H32ClN5O. The number of para-hydroxylation sites is 1. The van der Waals surface area contributed by atoms with Gasteiger partial charge in [0.2, 0.25) is 0 Å². The highest BCUT2D eigenvalue weighted by molar-refractivity contribution is 6.33. The lowest BCUT2D eigenvalue weighted by molar-refractivity contribution is 0.179. The molecule has 26 heavy (non-hydrogen) atoms. The van der Waals surface area contributed by atoms with Crippen LogP contribution in [0.4, 0.5) is 5.69 Å². The first-order valence-corrected chi connectivity index (χ1v) is 9.69. The fraction of sp³-hybridized carbons (Fsp3) is 0.632. The SMILES string of the molecule is CN=C(NCCCN1CCN(c2ccccc2Cl)CC1)NC(C)COC. The minimum Gasteiger partial charge on any atom is -0.383 e. The van der Waals surface area contributed by atoms with E-state index in [4.69, 9.17) is 16.3 Å². The Morgan fingerprint density at radius 2 is 2.00 bits per heavy atom. The molecule has 0 radical (unpaired) electrons. The first-order valence-electron chi connectivity index (χ1n) is 9.32. The average molecular weight is 382 g/mol. The third-order valence-corrected chi connectivity index (χ3v) is 4.85. The van der Waals surface area contributed by atoms with Gasteiger partial charge in [-0.25, -0.2) is 0 Å². The molecule has 0 bridgehead atoms. The molecule has 1 saturated heterocycles. The summed E-state index contributed by atoms with van der Waals surface area (Å²) in [6.45, 7) is 8.93. The van der Waals surface area contributed by atoms with Crippen LogP contribution >= 0.6 is 11.6 Å². The van der Waals surface area contributed by atoms with Crippen molar-refractivity contribution in [2.24, 2.45) is 4.99 Å². The molecule has 2 N–H and O–H groups in total. The van der Waals surface area contributed by atoms with E-state index in [2.05, 4.69) is 38.4 Å². The van der Waals surface area contributed by atoms with Gasteiger partial charge in [0.05, 0.1) is 17.3 Å². The van der Waals surface area contributed by atoms with E-state index in [-0.39, 0.29) is 6.04 Å². The number of benzene rings is 1. The second kappa shape index (κ2) is 11.3. The van der Waals surface area contributed by atoms with Gasteiger partial charge in [0, 0.05) is 52.9 Å². The molecule has 1 heterocycles. The monoisotopic (exact) mass is 381 g/mol. The number of nitrogens with zero attached hydrogens (tertiary/aromatic N) is 3. The van der Waals surface area contributed by atoms with Crippen LogP contribution in [0.2, 0.25) is 5.02 Å². The average Bonchev–Trinajstić information content (AvgIpc) is 2.65. The molecule has 0 aromatic heterocycles. The van der Waals surface area contributed by atoms with Crippen molar-refractivity contribution < 1.29 is 4.74 Å². The van der Waals surface area contributed by atoms with Gasteiger partial charge in [-0.1, -0.05) is 23.7 Å². The predicted octanol–water partition coefficient (Wildman–Crippen LogP) is 2.05. The van der Waals surface area contributed by atoms with Crippen molar-refractivity contribution in [3.8, 4) is 0 Å². The van der Waals surface area contributed by atoms with Gasteiger partial charge in [-0.15, -0.1) is 0 Å². The van der Waals surface area contributed by atoms with E-state index in [1.807, 2.05) is 18.2 Å². The maximum absolute atomic E-state index is 6.31. The Kier molecular flexibility index (Phi) is 9.01. The number of piperazine rings is 1. The van der Waals surface area contributed by atoms with E-state index < -0.39 is 0 Å². The summed E-state index contributed by atoms with van der Waals surface area (Å²) in [5, 5.41) is 7.53. The molecule has 7 heteroatoms. The van der Waals surface area contributed by atoms with Crippen LogP contribution in [-0.2, 0) is 4.74 Å². The number of hydrogen-bond acceptors (Lipinski definition) is 4. The van der Waals surface area contributed by atoms with Crippen molar-refractivity contribution in [3.05, 3.63) is 29.3 Å². The van der Waals surface area contributed by atoms with Gasteiger partial charge in [0.15, 0.2) is 5.96 Å². The molecule has 2 rings (SSSR count). The van der Waals surface area contributed by atoms with Crippen LogP contribution in [-0.4, -0.2) is 76.9 Å². The van der Waals surface area contributed by atoms with E-state index in [0.717, 1.165) is 62.4 Å². The van der Waals surface area contributed by atoms with Gasteiger partial charge >= 0.3 is 0 Å². The number of methoxy groups -OCH3 is 1. The zero-order valence-corrected chi connectivity index (χ0v) is 16.9. The summed E-state index contributed by atoms with van der Waals surface area (Å²) in [4.78, 5) is 9.14. The van der Waals surface area contributed by atoms with Crippen molar-refractivity contribution in [3.63, 3.8) is 0 Å². The van der Waals surface area contributed by atoms with Crippen LogP contribution in [0.3, 0.4) is 0 Å². The normalized spacial score (nSPS) is 17.2. The molecule has 1 aliphatic heterocycles. The highest BCUT2D eigenvalue weighted by atomic mass is 35.5. The van der Waals surface area contributed by atoms with Crippen molar-refractivity contribution >= 4 is 23.2 Å². The molecular weight excluding hydrogens is 350 g/mol. The highest BCUT2D eigenvalue weighted by Gasteiger charge is 2.18. The molecule has 1 fully saturated rings. The molecule has 146 valence electrons. The number of ether oxygens (including phenoxy) is 1. The van der Waals surface area contributed by atoms with Gasteiger partial charge < -0.3 is 20.3 Å². The third kappa shape index (κ3) is 6.67. The molecule has 0 spiro atoms. The summed E-state index contributed by atoms with van der Waals surface area (Å²) in [5.41, 5.74) is 1.15. The Hall–Kier alpha value is -1.50. The fourth-order valence-electron chi connectivity index (χ4n) is 3.15. The van der Waals surface area contributed by atoms with Crippen LogP contribution in [0, 0.1) is 0 Å². The van der Waals surface area contributed by atoms with E-state index in [9.17, 15) is 0 Å². The topological polar surface area (TPSA) is 52.1 Å². The molecule has 1 aromatic rings. The minimum absolute atomic E-state index is 0.240. The zero-order valence-electron chi connectivity index (χ0n) is 16.2. The maximum Gasteiger partial charge on any atom is 0.191 e. The lowest BCUT2D eigenvalue weighted by Gasteiger charge is -2.36. The number of rotatable bonds is 8. The standard InChI is InChI=1S/C19H32ClN5O/c1-16(15-26-3)23-19(21-2)22-9-6-10-24-11-13-25(14-12-24)18-8-5-4-7-17(18)20/h4-5,7-8,16H,6,9-15H2,1-3H3,(H2,21,22,23). The summed E-state index contributed by atoms with van der Waals surface area (Å²) in [5.74, 6) is 0.832. The maximum atomic E-state index is 6.31. The molecule has 1 atom stereocenters. The Labute approximate surface area is 162 Å². The lowest BCUT2D eigenvalue weighted by atomic mass is 10.2. The lowest BCUT2D eigenvalue weighted by Crippen LogP contribution is -2.47. The van der Waals surface area contributed by atoms with Crippen molar-refractivity contribution in [1.82, 2.24) is 15.5 Å². The quantitative estimate of drug-likeness (QED) is 0.410. The smallest absolute Gasteiger partial charge is 0.191 e. The molecule has 0 amide bonds. The van der Waals surface area contributed by atoms with E-state index in [1.54, 1.807) is 14.2 Å². The summed E-state index contributed by atoms with van der Waals surface area (Å²) in [7, 11) is 3.50. The minimum atomic E-state index is 0.240. The molecule has 1 aliphatic rings. The molecule has 0 saturated carbocycles. The van der Waals surface area contributed by atoms with Gasteiger partial charge in [-0.3, -0.25) is 9.89 Å². The number of nitrogens with one attached hydrogen (secondary N) is 2. The van der Waals surface area contributed by atoms with E-state index in [0.29, 0.717) is 6.61 Å². The molecule has 6 nitrogen and oxygen atoms in total. The number of anilines is 1. The van der Waals surface area contributed by atoms with Crippen molar-refractivity contribution in [1.29, 1.82) is 0 Å². The number of guanidine groups is 1. The second-order valence-electron chi connectivity index (χ2n) is 6.63. The Balaban J connectivity index is 1.63. The van der Waals surface area contributed by atoms with E-state index >= 15 is 0 Å². The number of hydrogen-bond donors (Lipinski definition) is 2. The molecule has 1 aromatic carbocycles. The Morgan fingerprint density at radius 1 is 1.27 bits per heavy atom. The van der Waals surface area contributed by atoms with Crippen LogP contribution in [0.1, 0.15) is 13.3 Å². The third-order valence-electron chi connectivity index (χ3n) is 4.53. The predicted molar refractivity (Wildman–Crippen MR) is 111 cm³/mol. The van der Waals surface area contributed by atoms with E-state index in [1.165, 1.54) is 0 Å². The van der Waals surface area contributed by atoms with Crippen molar-refractivity contribution in [2.75, 3.05) is 64.9 Å². The van der Waals surface area contributed by atoms with Crippen LogP contribution in [0.5, 0.6) is 0 Å². The Bertz CT molecular complexity index is 561. The Morgan fingerprint density at radius 3 is 2.65 bits per heavy atom. The number of aliphatic imine (C=N–C) groups is 1. The second-order valence-corrected chi connectivity index (χ2v) is 7.04. The van der Waals surface area contributed by atoms with Crippen LogP contribution < -0.4 is 15.5 Å². The zero-order chi connectivity index (χ0) is 18.8. The van der Waals surface area contributed by atoms with Gasteiger partial charge in [-0.05, 0) is 32.0 Å². The summed E-state index contributed by atoms with van der Waals surface area (Å²) < 4.78 is 5.14. The largest absolute Gasteiger partial charge is 0.383 e. The summed E-state index contributed by atoms with van der Waals surface area (Å²) in [6, 6.07) is 8.33. The van der Waals surface area contributed by atoms with Crippen molar-refractivity contribution in [2.45, 2.75) is 19.4 Å². The summed E-state index contributed by atoms with van der Waals surface area (Å²) >= 11 is 6.31. The van der Waals surface area contributed by atoms with Crippen LogP contribution in [0.25, 0.3) is 0 Å². The van der Waals surface area contributed by atoms with Crippen LogP contribution in [0.15, 0.2) is 29.3 Å². The molecule has 1 unspecified atom stereocenters. The van der Waals surface area contributed by atoms with Gasteiger partial charge in [-0.2, -0.15) is 0 Å². The first kappa shape index (κ1) is 20.8. The van der Waals surface area contributed by atoms with Gasteiger partial charge in [0.1, 0.15) is 0 Å².